The molecule has 0 aromatic carbocycles. The van der Waals surface area contributed by atoms with Crippen molar-refractivity contribution in [2.45, 2.75) is 32.9 Å². The molecular weight excluding hydrogens is 255 g/mol. The van der Waals surface area contributed by atoms with Gasteiger partial charge < -0.3 is 9.47 Å². The molecule has 1 rings (SSSR count). The van der Waals surface area contributed by atoms with Crippen molar-refractivity contribution in [1.82, 2.24) is 9.88 Å². The predicted octanol–water partition coefficient (Wildman–Crippen LogP) is 1.26. The summed E-state index contributed by atoms with van der Waals surface area (Å²) in [5.41, 5.74) is 0.608. The average molecular weight is 276 g/mol. The molecule has 1 aromatic heterocycles. The summed E-state index contributed by atoms with van der Waals surface area (Å²) < 4.78 is 10.4. The number of methoxy groups -OCH3 is 1. The maximum atomic E-state index is 12.1. The zero-order valence-corrected chi connectivity index (χ0v) is 12.5. The summed E-state index contributed by atoms with van der Waals surface area (Å²) in [5.74, 6) is 0. The molecule has 2 radical (unpaired) electrons. The van der Waals surface area contributed by atoms with Crippen LogP contribution < -0.4 is 5.59 Å². The Kier molecular flexibility index (Phi) is 6.01. The van der Waals surface area contributed by atoms with Crippen LogP contribution in [0, 0.1) is 0 Å². The molecule has 0 fully saturated rings. The fourth-order valence-corrected chi connectivity index (χ4v) is 1.54. The van der Waals surface area contributed by atoms with Crippen molar-refractivity contribution in [1.29, 1.82) is 0 Å². The zero-order valence-electron chi connectivity index (χ0n) is 12.5. The van der Waals surface area contributed by atoms with Crippen LogP contribution in [-0.4, -0.2) is 49.7 Å². The summed E-state index contributed by atoms with van der Waals surface area (Å²) in [7, 11) is 7.23. The van der Waals surface area contributed by atoms with Crippen LogP contribution in [0.4, 0.5) is 4.79 Å². The third kappa shape index (κ3) is 6.06. The van der Waals surface area contributed by atoms with Crippen molar-refractivity contribution < 1.29 is 14.3 Å². The largest absolute Gasteiger partial charge is 0.444 e. The van der Waals surface area contributed by atoms with E-state index in [-0.39, 0.29) is 0 Å². The van der Waals surface area contributed by atoms with Gasteiger partial charge >= 0.3 is 6.09 Å². The molecule has 0 N–H and O–H groups in total. The highest BCUT2D eigenvalue weighted by Gasteiger charge is 2.22. The van der Waals surface area contributed by atoms with Crippen LogP contribution in [0.1, 0.15) is 26.5 Å². The molecule has 0 aliphatic heterocycles. The van der Waals surface area contributed by atoms with Crippen molar-refractivity contribution >= 4 is 19.5 Å². The van der Waals surface area contributed by atoms with E-state index in [0.29, 0.717) is 31.0 Å². The van der Waals surface area contributed by atoms with Gasteiger partial charge in [0.05, 0.1) is 18.8 Å². The van der Waals surface area contributed by atoms with E-state index in [1.807, 2.05) is 26.8 Å². The number of carbonyl (C=O) groups is 1. The van der Waals surface area contributed by atoms with Crippen LogP contribution in [0.5, 0.6) is 0 Å². The maximum Gasteiger partial charge on any atom is 0.410 e. The Balaban J connectivity index is 2.75. The van der Waals surface area contributed by atoms with Gasteiger partial charge in [-0.05, 0) is 32.4 Å². The van der Waals surface area contributed by atoms with Crippen molar-refractivity contribution in [2.24, 2.45) is 0 Å². The van der Waals surface area contributed by atoms with E-state index in [2.05, 4.69) is 4.98 Å². The lowest BCUT2D eigenvalue weighted by atomic mass is 10.0. The first-order valence-electron chi connectivity index (χ1n) is 6.50. The maximum absolute atomic E-state index is 12.1. The number of aromatic nitrogens is 1. The number of hydrogen-bond acceptors (Lipinski definition) is 4. The van der Waals surface area contributed by atoms with Crippen LogP contribution >= 0.6 is 0 Å². The fourth-order valence-electron chi connectivity index (χ4n) is 1.54. The van der Waals surface area contributed by atoms with E-state index >= 15 is 0 Å². The molecular formula is C14H21BN2O3. The van der Waals surface area contributed by atoms with Gasteiger partial charge in [-0.25, -0.2) is 4.79 Å². The molecule has 5 nitrogen and oxygen atoms in total. The second-order valence-corrected chi connectivity index (χ2v) is 5.45. The molecule has 1 amide bonds. The van der Waals surface area contributed by atoms with E-state index in [1.54, 1.807) is 24.1 Å². The van der Waals surface area contributed by atoms with Gasteiger partial charge in [0.2, 0.25) is 0 Å². The number of ether oxygens (including phenoxy) is 2. The lowest BCUT2D eigenvalue weighted by molar-refractivity contribution is 0.0181. The quantitative estimate of drug-likeness (QED) is 0.760. The van der Waals surface area contributed by atoms with Crippen LogP contribution in [0.2, 0.25) is 0 Å². The van der Waals surface area contributed by atoms with Crippen LogP contribution in [0.15, 0.2) is 18.2 Å². The molecule has 0 saturated heterocycles. The molecule has 0 saturated carbocycles. The second-order valence-electron chi connectivity index (χ2n) is 5.45. The van der Waals surface area contributed by atoms with Gasteiger partial charge in [-0.1, -0.05) is 12.1 Å². The first-order chi connectivity index (χ1) is 9.31. The molecule has 0 aliphatic carbocycles. The minimum Gasteiger partial charge on any atom is -0.444 e. The number of hydrogen-bond donors (Lipinski definition) is 0. The number of pyridine rings is 1. The lowest BCUT2D eigenvalue weighted by Gasteiger charge is -2.27. The van der Waals surface area contributed by atoms with E-state index in [4.69, 9.17) is 17.3 Å². The summed E-state index contributed by atoms with van der Waals surface area (Å²) >= 11 is 0. The van der Waals surface area contributed by atoms with Crippen molar-refractivity contribution in [3.05, 3.63) is 23.9 Å². The van der Waals surface area contributed by atoms with Gasteiger partial charge in [-0.3, -0.25) is 9.88 Å². The Morgan fingerprint density at radius 2 is 2.10 bits per heavy atom. The monoisotopic (exact) mass is 276 g/mol. The van der Waals surface area contributed by atoms with Crippen LogP contribution in [0.25, 0.3) is 0 Å². The summed E-state index contributed by atoms with van der Waals surface area (Å²) in [6.45, 7) is 6.70. The van der Waals surface area contributed by atoms with Gasteiger partial charge in [-0.15, -0.1) is 0 Å². The van der Waals surface area contributed by atoms with Crippen molar-refractivity contribution in [3.63, 3.8) is 0 Å². The highest BCUT2D eigenvalue weighted by molar-refractivity contribution is 6.30. The number of nitrogens with zero attached hydrogens (tertiary/aromatic N) is 2. The smallest absolute Gasteiger partial charge is 0.410 e. The topological polar surface area (TPSA) is 51.7 Å². The minimum absolute atomic E-state index is 0.337. The van der Waals surface area contributed by atoms with Gasteiger partial charge in [0.25, 0.3) is 0 Å². The second kappa shape index (κ2) is 7.29. The predicted molar refractivity (Wildman–Crippen MR) is 78.1 cm³/mol. The molecule has 1 heterocycles. The van der Waals surface area contributed by atoms with E-state index < -0.39 is 11.7 Å². The molecule has 6 heteroatoms. The van der Waals surface area contributed by atoms with Gasteiger partial charge in [-0.2, -0.15) is 0 Å². The Hall–Kier alpha value is -1.56. The summed E-state index contributed by atoms with van der Waals surface area (Å²) in [4.78, 5) is 17.9. The van der Waals surface area contributed by atoms with E-state index in [0.717, 1.165) is 0 Å². The molecule has 0 unspecified atom stereocenters. The minimum atomic E-state index is -0.536. The fraction of sp³-hybridized carbons (Fsp3) is 0.571. The Morgan fingerprint density at radius 3 is 2.65 bits per heavy atom. The Bertz CT molecular complexity index is 446. The third-order valence-corrected chi connectivity index (χ3v) is 2.40. The molecule has 0 atom stereocenters. The normalized spacial score (nSPS) is 11.2. The summed E-state index contributed by atoms with van der Waals surface area (Å²) in [6.07, 6.45) is -0.390. The molecule has 20 heavy (non-hydrogen) atoms. The van der Waals surface area contributed by atoms with Gasteiger partial charge in [0, 0.05) is 13.7 Å². The standard InChI is InChI=1S/C14H21BN2O3/c1-14(2,3)20-13(18)17(8-9-19-4)10-11-6-5-7-12(15)16-11/h5-7H,8-10H2,1-4H3. The van der Waals surface area contributed by atoms with Gasteiger partial charge in [0.1, 0.15) is 13.4 Å². The summed E-state index contributed by atoms with van der Waals surface area (Å²) in [6, 6.07) is 5.33. The molecule has 0 bridgehead atoms. The Labute approximate surface area is 121 Å². The van der Waals surface area contributed by atoms with E-state index in [9.17, 15) is 4.79 Å². The lowest BCUT2D eigenvalue weighted by Crippen LogP contribution is -2.38. The number of rotatable bonds is 5. The molecule has 108 valence electrons. The molecule has 1 aromatic rings. The van der Waals surface area contributed by atoms with Crippen LogP contribution in [-0.2, 0) is 16.0 Å². The van der Waals surface area contributed by atoms with Crippen LogP contribution in [0.3, 0.4) is 0 Å². The first kappa shape index (κ1) is 16.5. The molecule has 0 aliphatic rings. The highest BCUT2D eigenvalue weighted by Crippen LogP contribution is 2.11. The highest BCUT2D eigenvalue weighted by atomic mass is 16.6. The zero-order chi connectivity index (χ0) is 15.2. The SMILES string of the molecule is [B]c1cccc(CN(CCOC)C(=O)OC(C)(C)C)n1. The number of amides is 1. The van der Waals surface area contributed by atoms with Gasteiger partial charge in [0.15, 0.2) is 0 Å². The van der Waals surface area contributed by atoms with Crippen molar-refractivity contribution in [3.8, 4) is 0 Å². The summed E-state index contributed by atoms with van der Waals surface area (Å²) in [5, 5.41) is 0. The first-order valence-corrected chi connectivity index (χ1v) is 6.50. The molecule has 0 spiro atoms. The third-order valence-electron chi connectivity index (χ3n) is 2.40. The number of carbonyl (C=O) groups excluding carboxylic acids is 1. The van der Waals surface area contributed by atoms with Crippen molar-refractivity contribution in [2.75, 3.05) is 20.3 Å². The Morgan fingerprint density at radius 1 is 1.40 bits per heavy atom. The van der Waals surface area contributed by atoms with E-state index in [1.165, 1.54) is 0 Å². The average Bonchev–Trinajstić information content (AvgIpc) is 2.32.